The fraction of sp³-hybridized carbons (Fsp3) is 0.125. The first kappa shape index (κ1) is 21.0. The summed E-state index contributed by atoms with van der Waals surface area (Å²) in [5, 5.41) is 0.927. The normalized spacial score (nSPS) is 12.1. The molecule has 0 saturated carbocycles. The van der Waals surface area contributed by atoms with E-state index < -0.39 is 11.9 Å². The van der Waals surface area contributed by atoms with Crippen LogP contribution in [0.4, 0.5) is 13.2 Å². The molecular weight excluding hydrogens is 457 g/mol. The molecule has 0 amide bonds. The topological polar surface area (TPSA) is 79.2 Å². The van der Waals surface area contributed by atoms with E-state index >= 15 is 0 Å². The van der Waals surface area contributed by atoms with Crippen molar-refractivity contribution in [2.24, 2.45) is 0 Å². The maximum atomic E-state index is 13.2. The van der Waals surface area contributed by atoms with E-state index in [9.17, 15) is 13.2 Å². The minimum Gasteiger partial charge on any atom is -0.290 e. The molecular formula is C24H17F3N8. The largest absolute Gasteiger partial charge is 0.434 e. The molecule has 6 aromatic rings. The lowest BCUT2D eigenvalue weighted by molar-refractivity contribution is -0.140. The molecule has 6 rings (SSSR count). The smallest absolute Gasteiger partial charge is 0.290 e. The molecule has 35 heavy (non-hydrogen) atoms. The average Bonchev–Trinajstić information content (AvgIpc) is 3.56. The van der Waals surface area contributed by atoms with E-state index in [4.69, 9.17) is 4.98 Å². The summed E-state index contributed by atoms with van der Waals surface area (Å²) in [6, 6.07) is 11.3. The van der Waals surface area contributed by atoms with Gasteiger partial charge in [0.2, 0.25) is 5.95 Å². The molecule has 5 heterocycles. The van der Waals surface area contributed by atoms with Crippen LogP contribution in [0.15, 0.2) is 67.6 Å². The first-order chi connectivity index (χ1) is 16.8. The Morgan fingerprint density at radius 3 is 2.23 bits per heavy atom. The van der Waals surface area contributed by atoms with Gasteiger partial charge in [0.05, 0.1) is 22.2 Å². The van der Waals surface area contributed by atoms with Crippen molar-refractivity contribution in [2.45, 2.75) is 20.0 Å². The number of imidazole rings is 2. The van der Waals surface area contributed by atoms with E-state index in [1.165, 1.54) is 4.57 Å². The number of halogens is 3. The third-order valence-corrected chi connectivity index (χ3v) is 5.68. The van der Waals surface area contributed by atoms with Crippen molar-refractivity contribution in [3.63, 3.8) is 0 Å². The zero-order chi connectivity index (χ0) is 24.3. The van der Waals surface area contributed by atoms with Crippen molar-refractivity contribution in [2.75, 3.05) is 0 Å². The fourth-order valence-corrected chi connectivity index (χ4v) is 4.08. The van der Waals surface area contributed by atoms with Gasteiger partial charge in [0.15, 0.2) is 5.69 Å². The summed E-state index contributed by atoms with van der Waals surface area (Å²) in [6.07, 6.45) is 2.52. The van der Waals surface area contributed by atoms with E-state index in [2.05, 4.69) is 19.9 Å². The number of nitrogens with zero attached hydrogens (tertiary/aromatic N) is 8. The van der Waals surface area contributed by atoms with Gasteiger partial charge in [0, 0.05) is 30.0 Å². The summed E-state index contributed by atoms with van der Waals surface area (Å²) in [7, 11) is 0. The minimum absolute atomic E-state index is 0.227. The Morgan fingerprint density at radius 1 is 0.800 bits per heavy atom. The molecule has 8 nitrogen and oxygen atoms in total. The van der Waals surface area contributed by atoms with Crippen LogP contribution >= 0.6 is 0 Å². The van der Waals surface area contributed by atoms with E-state index in [1.54, 1.807) is 29.4 Å². The highest BCUT2D eigenvalue weighted by Gasteiger charge is 2.33. The van der Waals surface area contributed by atoms with Crippen LogP contribution in [0.2, 0.25) is 0 Å². The van der Waals surface area contributed by atoms with Crippen molar-refractivity contribution in [1.82, 2.24) is 38.6 Å². The van der Waals surface area contributed by atoms with Crippen molar-refractivity contribution in [3.05, 3.63) is 84.6 Å². The SMILES string of the molecule is Cc1ccc2c(c1)c1ncccc1n2-c1nc(-n2cnc(C)c2)cc(-n2cnc(C(F)(F)F)c2)n1. The maximum Gasteiger partial charge on any atom is 0.434 e. The molecule has 0 radical (unpaired) electrons. The standard InChI is InChI=1S/C24H17F3N8/c1-14-5-6-17-16(8-14)22-18(4-3-7-28-22)35(17)23-31-20(33-10-15(2)29-12-33)9-21(32-23)34-11-19(30-13-34)24(25,26)27/h3-13H,1-2H3. The van der Waals surface area contributed by atoms with Crippen molar-refractivity contribution in [3.8, 4) is 17.6 Å². The number of pyridine rings is 1. The maximum absolute atomic E-state index is 13.2. The van der Waals surface area contributed by atoms with Gasteiger partial charge in [-0.15, -0.1) is 0 Å². The zero-order valence-electron chi connectivity index (χ0n) is 18.6. The molecule has 0 aliphatic carbocycles. The first-order valence-electron chi connectivity index (χ1n) is 10.7. The molecule has 0 saturated heterocycles. The Morgan fingerprint density at radius 2 is 1.54 bits per heavy atom. The van der Waals surface area contributed by atoms with Gasteiger partial charge in [-0.1, -0.05) is 11.6 Å². The number of fused-ring (bicyclic) bond motifs is 3. The van der Waals surface area contributed by atoms with Gasteiger partial charge in [-0.25, -0.2) is 9.97 Å². The molecule has 0 aliphatic rings. The highest BCUT2D eigenvalue weighted by atomic mass is 19.4. The predicted octanol–water partition coefficient (Wildman–Crippen LogP) is 4.98. The van der Waals surface area contributed by atoms with Crippen LogP contribution in [0.5, 0.6) is 0 Å². The molecule has 11 heteroatoms. The van der Waals surface area contributed by atoms with Crippen LogP contribution in [0.1, 0.15) is 17.0 Å². The molecule has 0 aliphatic heterocycles. The molecule has 0 N–H and O–H groups in total. The van der Waals surface area contributed by atoms with Crippen LogP contribution in [-0.2, 0) is 6.18 Å². The lowest BCUT2D eigenvalue weighted by Crippen LogP contribution is -2.09. The third-order valence-electron chi connectivity index (χ3n) is 5.68. The molecule has 174 valence electrons. The van der Waals surface area contributed by atoms with E-state index in [1.807, 2.05) is 48.7 Å². The number of hydrogen-bond donors (Lipinski definition) is 0. The summed E-state index contributed by atoms with van der Waals surface area (Å²) >= 11 is 0. The van der Waals surface area contributed by atoms with Crippen LogP contribution in [0.25, 0.3) is 39.5 Å². The Labute approximate surface area is 196 Å². The van der Waals surface area contributed by atoms with Crippen molar-refractivity contribution >= 4 is 21.9 Å². The number of benzene rings is 1. The number of aromatic nitrogens is 8. The quantitative estimate of drug-likeness (QED) is 0.362. The third kappa shape index (κ3) is 3.52. The molecule has 0 atom stereocenters. The molecule has 5 aromatic heterocycles. The second-order valence-corrected chi connectivity index (χ2v) is 8.20. The Bertz CT molecular complexity index is 1720. The van der Waals surface area contributed by atoms with Gasteiger partial charge in [0.25, 0.3) is 0 Å². The number of aryl methyl sites for hydroxylation is 2. The molecule has 0 unspecified atom stereocenters. The Kier molecular flexibility index (Phi) is 4.50. The summed E-state index contributed by atoms with van der Waals surface area (Å²) in [5.74, 6) is 0.951. The number of hydrogen-bond acceptors (Lipinski definition) is 5. The van der Waals surface area contributed by atoms with Gasteiger partial charge in [-0.2, -0.15) is 23.1 Å². The van der Waals surface area contributed by atoms with Gasteiger partial charge in [-0.05, 0) is 38.1 Å². The fourth-order valence-electron chi connectivity index (χ4n) is 4.08. The monoisotopic (exact) mass is 474 g/mol. The van der Waals surface area contributed by atoms with Gasteiger partial charge >= 0.3 is 6.18 Å². The van der Waals surface area contributed by atoms with E-state index in [0.29, 0.717) is 5.82 Å². The van der Waals surface area contributed by atoms with Gasteiger partial charge in [-0.3, -0.25) is 18.7 Å². The zero-order valence-corrected chi connectivity index (χ0v) is 18.6. The lowest BCUT2D eigenvalue weighted by atomic mass is 10.1. The van der Waals surface area contributed by atoms with Crippen LogP contribution < -0.4 is 0 Å². The van der Waals surface area contributed by atoms with Gasteiger partial charge < -0.3 is 0 Å². The highest BCUT2D eigenvalue weighted by Crippen LogP contribution is 2.31. The Hall–Kier alpha value is -4.54. The van der Waals surface area contributed by atoms with Crippen LogP contribution in [0, 0.1) is 13.8 Å². The summed E-state index contributed by atoms with van der Waals surface area (Å²) < 4.78 is 44.4. The summed E-state index contributed by atoms with van der Waals surface area (Å²) in [6.45, 7) is 3.84. The van der Waals surface area contributed by atoms with Gasteiger partial charge in [0.1, 0.15) is 24.3 Å². The minimum atomic E-state index is -4.57. The molecule has 0 bridgehead atoms. The number of rotatable bonds is 3. The van der Waals surface area contributed by atoms with E-state index in [-0.39, 0.29) is 11.8 Å². The second kappa shape index (κ2) is 7.49. The molecule has 0 spiro atoms. The van der Waals surface area contributed by atoms with E-state index in [0.717, 1.165) is 45.7 Å². The van der Waals surface area contributed by atoms with Crippen LogP contribution in [-0.4, -0.2) is 38.6 Å². The van der Waals surface area contributed by atoms with Crippen molar-refractivity contribution in [1.29, 1.82) is 0 Å². The first-order valence-corrected chi connectivity index (χ1v) is 10.7. The summed E-state index contributed by atoms with van der Waals surface area (Å²) in [4.78, 5) is 21.7. The molecule has 1 aromatic carbocycles. The number of alkyl halides is 3. The second-order valence-electron chi connectivity index (χ2n) is 8.20. The predicted molar refractivity (Wildman–Crippen MR) is 123 cm³/mol. The lowest BCUT2D eigenvalue weighted by Gasteiger charge is -2.11. The van der Waals surface area contributed by atoms with Crippen molar-refractivity contribution < 1.29 is 13.2 Å². The summed E-state index contributed by atoms with van der Waals surface area (Å²) in [5.41, 5.74) is 3.22. The highest BCUT2D eigenvalue weighted by molar-refractivity contribution is 6.06. The Balaban J connectivity index is 1.65. The average molecular weight is 474 g/mol. The molecule has 0 fully saturated rings. The van der Waals surface area contributed by atoms with Crippen LogP contribution in [0.3, 0.4) is 0 Å².